The second-order valence-electron chi connectivity index (χ2n) is 7.71. The number of sulfone groups is 1. The van der Waals surface area contributed by atoms with E-state index in [2.05, 4.69) is 9.97 Å². The molecule has 2 heterocycles. The summed E-state index contributed by atoms with van der Waals surface area (Å²) >= 11 is 5.76. The van der Waals surface area contributed by atoms with Crippen LogP contribution in [0.5, 0.6) is 0 Å². The molecule has 31 heavy (non-hydrogen) atoms. The molecule has 0 amide bonds. The maximum absolute atomic E-state index is 14.0. The van der Waals surface area contributed by atoms with Crippen molar-refractivity contribution in [3.05, 3.63) is 40.9 Å². The first kappa shape index (κ1) is 23.5. The Labute approximate surface area is 182 Å². The minimum Gasteiger partial charge on any atom is -0.368 e. The number of hydrogen-bond donors (Lipinski definition) is 0. The molecule has 1 aromatic heterocycles. The van der Waals surface area contributed by atoms with Crippen LogP contribution in [-0.4, -0.2) is 50.3 Å². The van der Waals surface area contributed by atoms with Gasteiger partial charge in [-0.05, 0) is 24.1 Å². The van der Waals surface area contributed by atoms with E-state index in [1.165, 1.54) is 12.1 Å². The molecular weight excluding hydrogens is 460 g/mol. The highest BCUT2D eigenvalue weighted by atomic mass is 35.5. The fourth-order valence-corrected chi connectivity index (χ4v) is 4.51. The zero-order valence-corrected chi connectivity index (χ0v) is 18.6. The van der Waals surface area contributed by atoms with E-state index in [1.54, 1.807) is 4.90 Å². The Bertz CT molecular complexity index is 1080. The van der Waals surface area contributed by atoms with Gasteiger partial charge in [0.2, 0.25) is 5.95 Å². The molecule has 0 radical (unpaired) electrons. The van der Waals surface area contributed by atoms with Crippen LogP contribution >= 0.6 is 11.6 Å². The summed E-state index contributed by atoms with van der Waals surface area (Å²) in [6.07, 6.45) is -3.03. The number of rotatable bonds is 4. The van der Waals surface area contributed by atoms with Crippen molar-refractivity contribution in [1.29, 1.82) is 0 Å². The van der Waals surface area contributed by atoms with Gasteiger partial charge in [0.05, 0.1) is 6.04 Å². The van der Waals surface area contributed by atoms with E-state index < -0.39 is 32.5 Å². The van der Waals surface area contributed by atoms with Crippen molar-refractivity contribution in [2.24, 2.45) is 5.92 Å². The average Bonchev–Trinajstić information content (AvgIpc) is 2.66. The first-order valence-electron chi connectivity index (χ1n) is 9.40. The number of nitrogens with zero attached hydrogens (tertiary/aromatic N) is 4. The number of benzene rings is 1. The SMILES string of the molecule is CC(C)C1CN(c2ccc(F)c(S(C)(=O)=O)c2)CCN1c1ncc(C(F)(F)F)c(Cl)n1. The van der Waals surface area contributed by atoms with Crippen LogP contribution in [0.25, 0.3) is 0 Å². The Balaban J connectivity index is 1.90. The second kappa shape index (κ2) is 8.42. The van der Waals surface area contributed by atoms with Crippen LogP contribution < -0.4 is 9.80 Å². The van der Waals surface area contributed by atoms with E-state index in [-0.39, 0.29) is 22.8 Å². The van der Waals surface area contributed by atoms with Crippen LogP contribution in [0.2, 0.25) is 5.15 Å². The van der Waals surface area contributed by atoms with Crippen LogP contribution in [-0.2, 0) is 16.0 Å². The molecule has 1 atom stereocenters. The van der Waals surface area contributed by atoms with Gasteiger partial charge in [0.1, 0.15) is 21.4 Å². The number of aromatic nitrogens is 2. The van der Waals surface area contributed by atoms with Gasteiger partial charge in [0.25, 0.3) is 0 Å². The summed E-state index contributed by atoms with van der Waals surface area (Å²) in [5, 5.41) is -0.668. The molecule has 0 bridgehead atoms. The molecule has 12 heteroatoms. The molecule has 1 aliphatic rings. The number of alkyl halides is 3. The Kier molecular flexibility index (Phi) is 6.39. The van der Waals surface area contributed by atoms with E-state index in [0.717, 1.165) is 12.3 Å². The lowest BCUT2D eigenvalue weighted by Gasteiger charge is -2.44. The maximum Gasteiger partial charge on any atom is 0.420 e. The lowest BCUT2D eigenvalue weighted by atomic mass is 9.99. The summed E-state index contributed by atoms with van der Waals surface area (Å²) in [7, 11) is -3.74. The molecule has 0 spiro atoms. The lowest BCUT2D eigenvalue weighted by molar-refractivity contribution is -0.137. The van der Waals surface area contributed by atoms with E-state index in [1.807, 2.05) is 18.7 Å². The fraction of sp³-hybridized carbons (Fsp3) is 0.474. The summed E-state index contributed by atoms with van der Waals surface area (Å²) in [6.45, 7) is 5.06. The van der Waals surface area contributed by atoms with Gasteiger partial charge >= 0.3 is 6.18 Å². The van der Waals surface area contributed by atoms with Crippen molar-refractivity contribution in [2.45, 2.75) is 31.0 Å². The fourth-order valence-electron chi connectivity index (χ4n) is 3.52. The second-order valence-corrected chi connectivity index (χ2v) is 10.1. The summed E-state index contributed by atoms with van der Waals surface area (Å²) in [5.74, 6) is -0.673. The summed E-state index contributed by atoms with van der Waals surface area (Å²) in [5.41, 5.74) is -0.559. The van der Waals surface area contributed by atoms with Gasteiger partial charge in [0, 0.05) is 37.8 Å². The number of hydrogen-bond acceptors (Lipinski definition) is 6. The lowest BCUT2D eigenvalue weighted by Crippen LogP contribution is -2.56. The predicted molar refractivity (Wildman–Crippen MR) is 110 cm³/mol. The van der Waals surface area contributed by atoms with Gasteiger partial charge in [-0.1, -0.05) is 25.4 Å². The first-order chi connectivity index (χ1) is 14.3. The quantitative estimate of drug-likeness (QED) is 0.486. The third-order valence-electron chi connectivity index (χ3n) is 5.16. The summed E-state index contributed by atoms with van der Waals surface area (Å²) in [6, 6.07) is 3.71. The standard InChI is InChI=1S/C19H21ClF4N4O2S/c1-11(2)15-10-27(12-4-5-14(21)16(8-12)31(3,29)30)6-7-28(15)18-25-9-13(17(20)26-18)19(22,23)24/h4-5,8-9,11,15H,6-7,10H2,1-3H3. The van der Waals surface area contributed by atoms with Gasteiger partial charge in [0.15, 0.2) is 9.84 Å². The third kappa shape index (κ3) is 5.03. The van der Waals surface area contributed by atoms with E-state index in [9.17, 15) is 26.0 Å². The molecule has 0 aliphatic carbocycles. The average molecular weight is 481 g/mol. The van der Waals surface area contributed by atoms with Crippen molar-refractivity contribution >= 4 is 33.1 Å². The van der Waals surface area contributed by atoms with Crippen LogP contribution in [0.4, 0.5) is 29.2 Å². The molecular formula is C19H21ClF4N4O2S. The maximum atomic E-state index is 14.0. The van der Waals surface area contributed by atoms with Crippen LogP contribution in [0, 0.1) is 11.7 Å². The van der Waals surface area contributed by atoms with Crippen LogP contribution in [0.3, 0.4) is 0 Å². The number of piperazine rings is 1. The molecule has 3 rings (SSSR count). The zero-order chi connectivity index (χ0) is 23.1. The van der Waals surface area contributed by atoms with Crippen molar-refractivity contribution in [3.63, 3.8) is 0 Å². The molecule has 1 aromatic carbocycles. The van der Waals surface area contributed by atoms with Gasteiger partial charge in [-0.15, -0.1) is 0 Å². The highest BCUT2D eigenvalue weighted by Gasteiger charge is 2.36. The van der Waals surface area contributed by atoms with E-state index in [4.69, 9.17) is 11.6 Å². The molecule has 170 valence electrons. The molecule has 0 saturated carbocycles. The molecule has 2 aromatic rings. The minimum absolute atomic E-state index is 0.0577. The molecule has 0 N–H and O–H groups in total. The van der Waals surface area contributed by atoms with Gasteiger partial charge < -0.3 is 9.80 Å². The van der Waals surface area contributed by atoms with Gasteiger partial charge in [-0.2, -0.15) is 13.2 Å². The van der Waals surface area contributed by atoms with E-state index in [0.29, 0.717) is 31.5 Å². The normalized spacial score (nSPS) is 18.0. The Morgan fingerprint density at radius 3 is 2.45 bits per heavy atom. The topological polar surface area (TPSA) is 66.4 Å². The van der Waals surface area contributed by atoms with Crippen molar-refractivity contribution in [3.8, 4) is 0 Å². The number of halogens is 5. The Morgan fingerprint density at radius 1 is 1.23 bits per heavy atom. The van der Waals surface area contributed by atoms with Crippen LogP contribution in [0.15, 0.2) is 29.3 Å². The highest BCUT2D eigenvalue weighted by molar-refractivity contribution is 7.90. The molecule has 1 fully saturated rings. The number of anilines is 2. The monoisotopic (exact) mass is 480 g/mol. The largest absolute Gasteiger partial charge is 0.420 e. The predicted octanol–water partition coefficient (Wildman–Crippen LogP) is 4.04. The van der Waals surface area contributed by atoms with E-state index >= 15 is 0 Å². The third-order valence-corrected chi connectivity index (χ3v) is 6.56. The Hall–Kier alpha value is -2.14. The molecule has 1 saturated heterocycles. The van der Waals surface area contributed by atoms with Gasteiger partial charge in [-0.25, -0.2) is 22.8 Å². The summed E-state index contributed by atoms with van der Waals surface area (Å²) < 4.78 is 76.5. The van der Waals surface area contributed by atoms with Crippen molar-refractivity contribution in [2.75, 3.05) is 35.7 Å². The van der Waals surface area contributed by atoms with Crippen molar-refractivity contribution in [1.82, 2.24) is 9.97 Å². The summed E-state index contributed by atoms with van der Waals surface area (Å²) in [4.78, 5) is 11.1. The zero-order valence-electron chi connectivity index (χ0n) is 17.0. The van der Waals surface area contributed by atoms with Gasteiger partial charge in [-0.3, -0.25) is 0 Å². The first-order valence-corrected chi connectivity index (χ1v) is 11.7. The molecule has 1 unspecified atom stereocenters. The highest BCUT2D eigenvalue weighted by Crippen LogP contribution is 2.35. The molecule has 1 aliphatic heterocycles. The smallest absolute Gasteiger partial charge is 0.368 e. The molecule has 6 nitrogen and oxygen atoms in total. The minimum atomic E-state index is -4.65. The van der Waals surface area contributed by atoms with Crippen LogP contribution in [0.1, 0.15) is 19.4 Å². The van der Waals surface area contributed by atoms with Crippen molar-refractivity contribution < 1.29 is 26.0 Å². The Morgan fingerprint density at radius 2 is 1.90 bits per heavy atom.